The van der Waals surface area contributed by atoms with Gasteiger partial charge >= 0.3 is 6.03 Å². The summed E-state index contributed by atoms with van der Waals surface area (Å²) in [5, 5.41) is 6.12. The maximum atomic E-state index is 12.8. The summed E-state index contributed by atoms with van der Waals surface area (Å²) in [4.78, 5) is 21.4. The molecule has 0 radical (unpaired) electrons. The Balaban J connectivity index is 1.76. The van der Waals surface area contributed by atoms with E-state index in [2.05, 4.69) is 41.3 Å². The number of thiazole rings is 1. The average molecular weight is 344 g/mol. The van der Waals surface area contributed by atoms with E-state index in [1.54, 1.807) is 11.3 Å². The van der Waals surface area contributed by atoms with Crippen molar-refractivity contribution in [2.45, 2.75) is 39.4 Å². The first-order valence-electron chi connectivity index (χ1n) is 8.24. The molecular formula is C18H24N4OS. The maximum absolute atomic E-state index is 12.8. The first kappa shape index (κ1) is 16.8. The molecule has 6 heteroatoms. The van der Waals surface area contributed by atoms with Gasteiger partial charge in [0.05, 0.1) is 16.7 Å². The van der Waals surface area contributed by atoms with Crippen molar-refractivity contribution in [1.82, 2.24) is 15.2 Å². The molecule has 2 atom stereocenters. The predicted molar refractivity (Wildman–Crippen MR) is 98.5 cm³/mol. The Bertz CT molecular complexity index is 729. The van der Waals surface area contributed by atoms with Crippen LogP contribution in [-0.2, 0) is 6.54 Å². The Morgan fingerprint density at radius 2 is 2.17 bits per heavy atom. The number of urea groups is 1. The van der Waals surface area contributed by atoms with E-state index in [1.165, 1.54) is 11.3 Å². The van der Waals surface area contributed by atoms with Gasteiger partial charge in [0.15, 0.2) is 0 Å². The molecule has 0 fully saturated rings. The number of benzene rings is 1. The molecule has 3 rings (SSSR count). The lowest BCUT2D eigenvalue weighted by atomic mass is 10.1. The molecule has 0 saturated carbocycles. The number of likely N-dealkylation sites (N-methyl/N-ethyl adjacent to an activating group) is 1. The van der Waals surface area contributed by atoms with Crippen LogP contribution in [0.4, 0.5) is 10.5 Å². The molecule has 1 N–H and O–H groups in total. The zero-order valence-corrected chi connectivity index (χ0v) is 15.4. The summed E-state index contributed by atoms with van der Waals surface area (Å²) in [5.74, 6) is 0. The first-order chi connectivity index (χ1) is 11.5. The summed E-state index contributed by atoms with van der Waals surface area (Å²) in [5.41, 5.74) is 3.30. The fourth-order valence-corrected chi connectivity index (χ4v) is 3.85. The molecule has 2 amide bonds. The summed E-state index contributed by atoms with van der Waals surface area (Å²) in [6, 6.07) is 8.28. The largest absolute Gasteiger partial charge is 0.372 e. The number of aryl methyl sites for hydroxylation is 1. The van der Waals surface area contributed by atoms with Crippen molar-refractivity contribution in [3.8, 4) is 0 Å². The molecule has 1 unspecified atom stereocenters. The van der Waals surface area contributed by atoms with Crippen LogP contribution >= 0.6 is 11.3 Å². The molecule has 2 heterocycles. The van der Waals surface area contributed by atoms with E-state index in [-0.39, 0.29) is 18.1 Å². The number of carbonyl (C=O) groups excluding carboxylic acids is 1. The molecule has 1 aliphatic heterocycles. The van der Waals surface area contributed by atoms with E-state index < -0.39 is 0 Å². The van der Waals surface area contributed by atoms with Crippen LogP contribution in [-0.4, -0.2) is 35.5 Å². The second kappa shape index (κ2) is 6.81. The van der Waals surface area contributed by atoms with Gasteiger partial charge in [-0.3, -0.25) is 0 Å². The van der Waals surface area contributed by atoms with E-state index in [0.29, 0.717) is 6.54 Å². The zero-order chi connectivity index (χ0) is 17.3. The Kier molecular flexibility index (Phi) is 4.76. The fraction of sp³-hybridized carbons (Fsp3) is 0.444. The number of nitrogens with one attached hydrogen (secondary N) is 1. The van der Waals surface area contributed by atoms with Gasteiger partial charge in [-0.2, -0.15) is 0 Å². The van der Waals surface area contributed by atoms with E-state index in [0.717, 1.165) is 17.2 Å². The van der Waals surface area contributed by atoms with Crippen LogP contribution in [0.25, 0.3) is 0 Å². The number of hydrogen-bond donors (Lipinski definition) is 1. The van der Waals surface area contributed by atoms with Crippen molar-refractivity contribution in [3.63, 3.8) is 0 Å². The van der Waals surface area contributed by atoms with Crippen LogP contribution in [0.1, 0.15) is 36.2 Å². The quantitative estimate of drug-likeness (QED) is 0.906. The third-order valence-corrected chi connectivity index (χ3v) is 5.29. The van der Waals surface area contributed by atoms with Crippen LogP contribution in [0.15, 0.2) is 29.6 Å². The number of para-hydroxylation sites is 1. The monoisotopic (exact) mass is 344 g/mol. The topological polar surface area (TPSA) is 48.5 Å². The highest BCUT2D eigenvalue weighted by Gasteiger charge is 2.27. The van der Waals surface area contributed by atoms with E-state index >= 15 is 0 Å². The lowest BCUT2D eigenvalue weighted by Crippen LogP contribution is -2.47. The molecule has 0 aliphatic carbocycles. The molecule has 0 spiro atoms. The number of rotatable bonds is 2. The minimum Gasteiger partial charge on any atom is -0.372 e. The number of nitrogens with zero attached hydrogens (tertiary/aromatic N) is 3. The second-order valence-corrected chi connectivity index (χ2v) is 7.51. The van der Waals surface area contributed by atoms with Gasteiger partial charge in [0.2, 0.25) is 0 Å². The van der Waals surface area contributed by atoms with Crippen LogP contribution in [0.2, 0.25) is 0 Å². The van der Waals surface area contributed by atoms with Gasteiger partial charge in [0.25, 0.3) is 0 Å². The average Bonchev–Trinajstić information content (AvgIpc) is 2.93. The number of aromatic nitrogens is 1. The summed E-state index contributed by atoms with van der Waals surface area (Å²) >= 11 is 1.61. The SMILES string of the molecule is Cc1nc(C(C)NC(=O)N2Cc3ccccc3N(C)C[C@@H]2C)cs1. The fourth-order valence-electron chi connectivity index (χ4n) is 3.14. The van der Waals surface area contributed by atoms with Gasteiger partial charge in [0, 0.05) is 37.2 Å². The first-order valence-corrected chi connectivity index (χ1v) is 9.12. The van der Waals surface area contributed by atoms with Gasteiger partial charge in [-0.25, -0.2) is 9.78 Å². The highest BCUT2D eigenvalue weighted by Crippen LogP contribution is 2.26. The van der Waals surface area contributed by atoms with Crippen molar-refractivity contribution in [1.29, 1.82) is 0 Å². The Hall–Kier alpha value is -2.08. The minimum absolute atomic E-state index is 0.0363. The molecule has 1 aliphatic rings. The minimum atomic E-state index is -0.0918. The van der Waals surface area contributed by atoms with Crippen molar-refractivity contribution >= 4 is 23.1 Å². The highest BCUT2D eigenvalue weighted by atomic mass is 32.1. The van der Waals surface area contributed by atoms with Crippen molar-refractivity contribution < 1.29 is 4.79 Å². The number of hydrogen-bond acceptors (Lipinski definition) is 4. The normalized spacial score (nSPS) is 18.8. The zero-order valence-electron chi connectivity index (χ0n) is 14.6. The van der Waals surface area contributed by atoms with Crippen LogP contribution < -0.4 is 10.2 Å². The summed E-state index contributed by atoms with van der Waals surface area (Å²) in [7, 11) is 2.08. The molecule has 0 bridgehead atoms. The maximum Gasteiger partial charge on any atom is 0.318 e. The third-order valence-electron chi connectivity index (χ3n) is 4.49. The van der Waals surface area contributed by atoms with Gasteiger partial charge in [-0.05, 0) is 32.4 Å². The van der Waals surface area contributed by atoms with E-state index in [4.69, 9.17) is 0 Å². The molecular weight excluding hydrogens is 320 g/mol. The van der Waals surface area contributed by atoms with Gasteiger partial charge in [-0.1, -0.05) is 18.2 Å². The summed E-state index contributed by atoms with van der Waals surface area (Å²) in [6.45, 7) is 7.49. The highest BCUT2D eigenvalue weighted by molar-refractivity contribution is 7.09. The second-order valence-electron chi connectivity index (χ2n) is 6.45. The molecule has 5 nitrogen and oxygen atoms in total. The van der Waals surface area contributed by atoms with Crippen molar-refractivity contribution in [2.24, 2.45) is 0 Å². The molecule has 2 aromatic rings. The van der Waals surface area contributed by atoms with Gasteiger partial charge in [0.1, 0.15) is 0 Å². The molecule has 0 saturated heterocycles. The predicted octanol–water partition coefficient (Wildman–Crippen LogP) is 3.56. The molecule has 24 heavy (non-hydrogen) atoms. The van der Waals surface area contributed by atoms with Gasteiger partial charge < -0.3 is 15.1 Å². The van der Waals surface area contributed by atoms with Crippen LogP contribution in [0.3, 0.4) is 0 Å². The Morgan fingerprint density at radius 1 is 1.42 bits per heavy atom. The third kappa shape index (κ3) is 3.38. The van der Waals surface area contributed by atoms with Crippen molar-refractivity contribution in [2.75, 3.05) is 18.5 Å². The van der Waals surface area contributed by atoms with E-state index in [1.807, 2.05) is 36.3 Å². The lowest BCUT2D eigenvalue weighted by molar-refractivity contribution is 0.175. The van der Waals surface area contributed by atoms with E-state index in [9.17, 15) is 4.79 Å². The number of amides is 2. The van der Waals surface area contributed by atoms with Gasteiger partial charge in [-0.15, -0.1) is 11.3 Å². The molecule has 128 valence electrons. The Labute approximate surface area is 147 Å². The molecule has 1 aromatic carbocycles. The lowest BCUT2D eigenvalue weighted by Gasteiger charge is -2.29. The van der Waals surface area contributed by atoms with Crippen molar-refractivity contribution in [3.05, 3.63) is 45.9 Å². The van der Waals surface area contributed by atoms with Crippen LogP contribution in [0, 0.1) is 6.92 Å². The molecule has 1 aromatic heterocycles. The standard InChI is InChI=1S/C18H24N4OS/c1-12-9-21(4)17-8-6-5-7-15(17)10-22(12)18(23)19-13(2)16-11-24-14(3)20-16/h5-8,11-13H,9-10H2,1-4H3,(H,19,23)/t12-,13?/m0/s1. The number of anilines is 1. The number of fused-ring (bicyclic) bond motifs is 1. The number of carbonyl (C=O) groups is 1. The van der Waals surface area contributed by atoms with Crippen LogP contribution in [0.5, 0.6) is 0 Å². The Morgan fingerprint density at radius 3 is 2.88 bits per heavy atom. The summed E-state index contributed by atoms with van der Waals surface area (Å²) in [6.07, 6.45) is 0. The smallest absolute Gasteiger partial charge is 0.318 e. The summed E-state index contributed by atoms with van der Waals surface area (Å²) < 4.78 is 0.